The maximum Gasteiger partial charge on any atom is -0.00561 e. The molecule has 0 atom stereocenters. The van der Waals surface area contributed by atoms with Crippen molar-refractivity contribution < 1.29 is 0 Å². The summed E-state index contributed by atoms with van der Waals surface area (Å²) in [7, 11) is 0. The summed E-state index contributed by atoms with van der Waals surface area (Å²) >= 11 is 0. The summed E-state index contributed by atoms with van der Waals surface area (Å²) < 4.78 is 0. The SMILES string of the molecule is C=C/C=C(\C=C/C)c1cc(C(/C=C\N)=C/C=C)cc(C(C)(C)C)c1. The van der Waals surface area contributed by atoms with Gasteiger partial charge >= 0.3 is 0 Å². The summed E-state index contributed by atoms with van der Waals surface area (Å²) in [5.74, 6) is 0. The minimum atomic E-state index is 0.0473. The Labute approximate surface area is 147 Å². The largest absolute Gasteiger partial charge is 0.405 e. The third kappa shape index (κ3) is 5.27. The van der Waals surface area contributed by atoms with E-state index in [4.69, 9.17) is 5.73 Å². The van der Waals surface area contributed by atoms with Crippen LogP contribution in [-0.4, -0.2) is 0 Å². The fourth-order valence-electron chi connectivity index (χ4n) is 2.43. The topological polar surface area (TPSA) is 26.0 Å². The standard InChI is InChI=1S/C23H29N/c1-7-10-18(11-8-2)20-15-21(19(12-9-3)13-14-24)17-22(16-20)23(4,5)6/h7-17H,1,3,24H2,2,4-6H3/b11-8-,14-13-,18-10+,19-12+. The Morgan fingerprint density at radius 3 is 1.79 bits per heavy atom. The van der Waals surface area contributed by atoms with Gasteiger partial charge in [0.2, 0.25) is 0 Å². The van der Waals surface area contributed by atoms with Gasteiger partial charge in [-0.2, -0.15) is 0 Å². The number of allylic oxidation sites excluding steroid dienone is 9. The lowest BCUT2D eigenvalue weighted by atomic mass is 9.83. The first kappa shape index (κ1) is 19.5. The molecule has 1 nitrogen and oxygen atoms in total. The molecule has 0 saturated carbocycles. The summed E-state index contributed by atoms with van der Waals surface area (Å²) in [4.78, 5) is 0. The van der Waals surface area contributed by atoms with Crippen LogP contribution >= 0.6 is 0 Å². The van der Waals surface area contributed by atoms with Crippen LogP contribution in [0.4, 0.5) is 0 Å². The van der Waals surface area contributed by atoms with E-state index in [1.165, 1.54) is 5.56 Å². The molecule has 0 fully saturated rings. The van der Waals surface area contributed by atoms with Crippen molar-refractivity contribution in [2.24, 2.45) is 5.73 Å². The third-order valence-electron chi connectivity index (χ3n) is 3.68. The summed E-state index contributed by atoms with van der Waals surface area (Å²) in [6.45, 7) is 16.3. The molecule has 0 heterocycles. The van der Waals surface area contributed by atoms with Crippen LogP contribution in [0.5, 0.6) is 0 Å². The minimum Gasteiger partial charge on any atom is -0.405 e. The molecular formula is C23H29N. The van der Waals surface area contributed by atoms with E-state index >= 15 is 0 Å². The molecule has 0 aliphatic carbocycles. The molecule has 0 aliphatic heterocycles. The lowest BCUT2D eigenvalue weighted by Crippen LogP contribution is -2.12. The fourth-order valence-corrected chi connectivity index (χ4v) is 2.43. The van der Waals surface area contributed by atoms with Crippen molar-refractivity contribution in [2.45, 2.75) is 33.1 Å². The molecule has 1 rings (SSSR count). The second-order valence-corrected chi connectivity index (χ2v) is 6.62. The number of hydrogen-bond acceptors (Lipinski definition) is 1. The van der Waals surface area contributed by atoms with Crippen molar-refractivity contribution in [1.29, 1.82) is 0 Å². The quantitative estimate of drug-likeness (QED) is 0.623. The zero-order valence-electron chi connectivity index (χ0n) is 15.3. The number of rotatable bonds is 6. The highest BCUT2D eigenvalue weighted by atomic mass is 14.5. The maximum atomic E-state index is 5.62. The van der Waals surface area contributed by atoms with Gasteiger partial charge in [0, 0.05) is 0 Å². The molecule has 0 radical (unpaired) electrons. The van der Waals surface area contributed by atoms with Crippen LogP contribution in [0.2, 0.25) is 0 Å². The molecular weight excluding hydrogens is 290 g/mol. The molecule has 0 aromatic heterocycles. The molecule has 1 heteroatoms. The summed E-state index contributed by atoms with van der Waals surface area (Å²) in [6, 6.07) is 6.65. The molecule has 2 N–H and O–H groups in total. The summed E-state index contributed by atoms with van der Waals surface area (Å²) in [5, 5.41) is 0. The Morgan fingerprint density at radius 1 is 0.917 bits per heavy atom. The molecule has 0 amide bonds. The van der Waals surface area contributed by atoms with Gasteiger partial charge in [0.25, 0.3) is 0 Å². The van der Waals surface area contributed by atoms with Gasteiger partial charge in [0.1, 0.15) is 0 Å². The number of hydrogen-bond donors (Lipinski definition) is 1. The first-order valence-corrected chi connectivity index (χ1v) is 8.20. The fraction of sp³-hybridized carbons (Fsp3) is 0.217. The molecule has 0 bridgehead atoms. The van der Waals surface area contributed by atoms with Crippen molar-refractivity contribution in [2.75, 3.05) is 0 Å². The van der Waals surface area contributed by atoms with Crippen LogP contribution in [0.3, 0.4) is 0 Å². The Kier molecular flexibility index (Phi) is 7.26. The van der Waals surface area contributed by atoms with Gasteiger partial charge in [-0.3, -0.25) is 0 Å². The van der Waals surface area contributed by atoms with Crippen LogP contribution < -0.4 is 5.73 Å². The Morgan fingerprint density at radius 2 is 1.42 bits per heavy atom. The van der Waals surface area contributed by atoms with Gasteiger partial charge in [-0.15, -0.1) is 0 Å². The van der Waals surface area contributed by atoms with Crippen molar-refractivity contribution in [3.63, 3.8) is 0 Å². The highest BCUT2D eigenvalue weighted by Gasteiger charge is 2.16. The smallest absolute Gasteiger partial charge is 0.00561 e. The van der Waals surface area contributed by atoms with Crippen molar-refractivity contribution >= 4 is 11.1 Å². The predicted molar refractivity (Wildman–Crippen MR) is 110 cm³/mol. The van der Waals surface area contributed by atoms with E-state index < -0.39 is 0 Å². The van der Waals surface area contributed by atoms with E-state index in [0.717, 1.165) is 22.3 Å². The second kappa shape index (κ2) is 8.93. The van der Waals surface area contributed by atoms with Gasteiger partial charge in [0.15, 0.2) is 0 Å². The minimum absolute atomic E-state index is 0.0473. The average molecular weight is 319 g/mol. The number of benzene rings is 1. The predicted octanol–water partition coefficient (Wildman–Crippen LogP) is 6.17. The number of nitrogens with two attached hydrogens (primary N) is 1. The van der Waals surface area contributed by atoms with Crippen LogP contribution in [0.25, 0.3) is 11.1 Å². The molecule has 0 aliphatic rings. The Bertz CT molecular complexity index is 652. The molecule has 1 aromatic carbocycles. The zero-order valence-corrected chi connectivity index (χ0v) is 15.3. The van der Waals surface area contributed by atoms with E-state index in [1.807, 2.05) is 37.3 Å². The van der Waals surface area contributed by atoms with E-state index in [-0.39, 0.29) is 5.41 Å². The van der Waals surface area contributed by atoms with Crippen LogP contribution in [0.15, 0.2) is 80.1 Å². The van der Waals surface area contributed by atoms with E-state index in [0.29, 0.717) is 0 Å². The van der Waals surface area contributed by atoms with Gasteiger partial charge < -0.3 is 5.73 Å². The van der Waals surface area contributed by atoms with Crippen LogP contribution in [0, 0.1) is 0 Å². The van der Waals surface area contributed by atoms with Crippen molar-refractivity contribution in [3.8, 4) is 0 Å². The molecule has 0 unspecified atom stereocenters. The summed E-state index contributed by atoms with van der Waals surface area (Å²) in [5.41, 5.74) is 11.4. The monoisotopic (exact) mass is 319 g/mol. The molecule has 0 spiro atoms. The summed E-state index contributed by atoms with van der Waals surface area (Å²) in [6.07, 6.45) is 15.2. The zero-order chi connectivity index (χ0) is 18.2. The van der Waals surface area contributed by atoms with Gasteiger partial charge in [-0.05, 0) is 58.5 Å². The van der Waals surface area contributed by atoms with E-state index in [1.54, 1.807) is 12.3 Å². The molecule has 0 saturated heterocycles. The lowest BCUT2D eigenvalue weighted by molar-refractivity contribution is 0.590. The first-order valence-electron chi connectivity index (χ1n) is 8.20. The highest BCUT2D eigenvalue weighted by molar-refractivity contribution is 5.81. The molecule has 1 aromatic rings. The lowest BCUT2D eigenvalue weighted by Gasteiger charge is -2.22. The van der Waals surface area contributed by atoms with Crippen LogP contribution in [-0.2, 0) is 5.41 Å². The second-order valence-electron chi connectivity index (χ2n) is 6.62. The normalized spacial score (nSPS) is 13.7. The van der Waals surface area contributed by atoms with E-state index in [2.05, 4.69) is 58.2 Å². The van der Waals surface area contributed by atoms with Crippen LogP contribution in [0.1, 0.15) is 44.4 Å². The van der Waals surface area contributed by atoms with Gasteiger partial charge in [-0.1, -0.05) is 82.5 Å². The van der Waals surface area contributed by atoms with Gasteiger partial charge in [-0.25, -0.2) is 0 Å². The first-order chi connectivity index (χ1) is 11.4. The van der Waals surface area contributed by atoms with E-state index in [9.17, 15) is 0 Å². The Hall–Kier alpha value is -2.54. The molecule has 24 heavy (non-hydrogen) atoms. The Balaban J connectivity index is 3.70. The van der Waals surface area contributed by atoms with Crippen molar-refractivity contribution in [1.82, 2.24) is 0 Å². The maximum absolute atomic E-state index is 5.62. The highest BCUT2D eigenvalue weighted by Crippen LogP contribution is 2.31. The average Bonchev–Trinajstić information content (AvgIpc) is 2.53. The van der Waals surface area contributed by atoms with Crippen molar-refractivity contribution in [3.05, 3.63) is 96.8 Å². The van der Waals surface area contributed by atoms with Gasteiger partial charge in [0.05, 0.1) is 0 Å². The molecule has 126 valence electrons. The third-order valence-corrected chi connectivity index (χ3v) is 3.68.